The third kappa shape index (κ3) is 6.25. The van der Waals surface area contributed by atoms with Crippen molar-refractivity contribution in [2.75, 3.05) is 18.5 Å². The molecule has 1 aromatic rings. The molecule has 0 spiro atoms. The summed E-state index contributed by atoms with van der Waals surface area (Å²) in [5, 5.41) is 11.7. The van der Waals surface area contributed by atoms with Crippen molar-refractivity contribution >= 4 is 17.7 Å². The van der Waals surface area contributed by atoms with Gasteiger partial charge in [0.2, 0.25) is 0 Å². The molecule has 0 saturated heterocycles. The highest BCUT2D eigenvalue weighted by Gasteiger charge is 2.17. The molecule has 6 nitrogen and oxygen atoms in total. The summed E-state index contributed by atoms with van der Waals surface area (Å²) in [6.45, 7) is 4.44. The lowest BCUT2D eigenvalue weighted by Crippen LogP contribution is -2.40. The topological polar surface area (TPSA) is 82.5 Å². The molecule has 0 fully saturated rings. The number of carbonyl (C=O) groups is 2. The highest BCUT2D eigenvalue weighted by Crippen LogP contribution is 2.15. The summed E-state index contributed by atoms with van der Waals surface area (Å²) in [5.74, 6) is -0.508. The van der Waals surface area contributed by atoms with Crippen LogP contribution in [0, 0.1) is 11.8 Å². The van der Waals surface area contributed by atoms with Gasteiger partial charge in [-0.05, 0) is 30.4 Å². The zero-order chi connectivity index (χ0) is 15.8. The van der Waals surface area contributed by atoms with Crippen LogP contribution in [-0.4, -0.2) is 35.7 Å². The van der Waals surface area contributed by atoms with Gasteiger partial charge in [-0.15, -0.1) is 0 Å². The second-order valence-corrected chi connectivity index (χ2v) is 5.55. The first-order valence-corrected chi connectivity index (χ1v) is 7.03. The first-order valence-electron chi connectivity index (χ1n) is 7.03. The first kappa shape index (κ1) is 16.9. The Morgan fingerprint density at radius 1 is 1.43 bits per heavy atom. The van der Waals surface area contributed by atoms with Crippen LogP contribution in [0.2, 0.25) is 0 Å². The molecule has 2 N–H and O–H groups in total. The molecule has 1 heterocycles. The molecule has 21 heavy (non-hydrogen) atoms. The number of carboxylic acid groups (broad SMARTS) is 1. The lowest BCUT2D eigenvalue weighted by Gasteiger charge is -2.21. The van der Waals surface area contributed by atoms with Crippen LogP contribution in [0.4, 0.5) is 10.5 Å². The van der Waals surface area contributed by atoms with Crippen LogP contribution < -0.4 is 10.2 Å². The van der Waals surface area contributed by atoms with E-state index in [0.717, 1.165) is 6.42 Å². The molecule has 0 unspecified atom stereocenters. The van der Waals surface area contributed by atoms with E-state index in [9.17, 15) is 9.59 Å². The number of hydrogen-bond acceptors (Lipinski definition) is 3. The van der Waals surface area contributed by atoms with Gasteiger partial charge in [0, 0.05) is 26.2 Å². The number of nitrogens with zero attached hydrogens (tertiary/aromatic N) is 2. The van der Waals surface area contributed by atoms with E-state index in [1.54, 1.807) is 31.6 Å². The molecule has 0 aliphatic carbocycles. The van der Waals surface area contributed by atoms with Gasteiger partial charge in [-0.25, -0.2) is 4.79 Å². The SMILES string of the molecule is CC(C)C[C@H](CNC(=O)N(C)c1cccnc1)CC(=O)O. The van der Waals surface area contributed by atoms with Crippen LogP contribution >= 0.6 is 0 Å². The van der Waals surface area contributed by atoms with E-state index >= 15 is 0 Å². The van der Waals surface area contributed by atoms with E-state index in [0.29, 0.717) is 18.2 Å². The predicted molar refractivity (Wildman–Crippen MR) is 81.2 cm³/mol. The third-order valence-electron chi connectivity index (χ3n) is 3.15. The van der Waals surface area contributed by atoms with Gasteiger partial charge >= 0.3 is 12.0 Å². The highest BCUT2D eigenvalue weighted by atomic mass is 16.4. The Morgan fingerprint density at radius 2 is 2.14 bits per heavy atom. The number of carboxylic acids is 1. The predicted octanol–water partition coefficient (Wildman–Crippen LogP) is 2.36. The lowest BCUT2D eigenvalue weighted by atomic mass is 9.94. The summed E-state index contributed by atoms with van der Waals surface area (Å²) < 4.78 is 0. The Bertz CT molecular complexity index is 462. The van der Waals surface area contributed by atoms with Crippen molar-refractivity contribution in [3.8, 4) is 0 Å². The largest absolute Gasteiger partial charge is 0.481 e. The average molecular weight is 293 g/mol. The molecular weight excluding hydrogens is 270 g/mol. The van der Waals surface area contributed by atoms with Crippen LogP contribution in [0.5, 0.6) is 0 Å². The summed E-state index contributed by atoms with van der Waals surface area (Å²) in [6.07, 6.45) is 4.07. The number of rotatable bonds is 7. The maximum Gasteiger partial charge on any atom is 0.321 e. The van der Waals surface area contributed by atoms with Crippen molar-refractivity contribution in [3.63, 3.8) is 0 Å². The Kier molecular flexibility index (Phi) is 6.65. The zero-order valence-electron chi connectivity index (χ0n) is 12.7. The normalized spacial score (nSPS) is 12.0. The van der Waals surface area contributed by atoms with E-state index in [1.165, 1.54) is 4.90 Å². The van der Waals surface area contributed by atoms with Gasteiger partial charge in [0.15, 0.2) is 0 Å². The number of anilines is 1. The summed E-state index contributed by atoms with van der Waals surface area (Å²) in [7, 11) is 1.65. The number of carbonyl (C=O) groups excluding carboxylic acids is 1. The molecule has 0 aromatic carbocycles. The maximum atomic E-state index is 12.1. The van der Waals surface area contributed by atoms with E-state index in [-0.39, 0.29) is 18.4 Å². The Morgan fingerprint density at radius 3 is 2.67 bits per heavy atom. The molecule has 0 saturated carbocycles. The fourth-order valence-electron chi connectivity index (χ4n) is 2.17. The van der Waals surface area contributed by atoms with Crippen LogP contribution in [0.3, 0.4) is 0 Å². The van der Waals surface area contributed by atoms with E-state index in [4.69, 9.17) is 5.11 Å². The fraction of sp³-hybridized carbons (Fsp3) is 0.533. The second kappa shape index (κ2) is 8.24. The maximum absolute atomic E-state index is 12.1. The first-order chi connectivity index (χ1) is 9.90. The van der Waals surface area contributed by atoms with Gasteiger partial charge in [0.25, 0.3) is 0 Å². The number of amides is 2. The van der Waals surface area contributed by atoms with Gasteiger partial charge in [0.1, 0.15) is 0 Å². The monoisotopic (exact) mass is 293 g/mol. The van der Waals surface area contributed by atoms with E-state index in [1.807, 2.05) is 13.8 Å². The van der Waals surface area contributed by atoms with E-state index in [2.05, 4.69) is 10.3 Å². The number of pyridine rings is 1. The quantitative estimate of drug-likeness (QED) is 0.808. The van der Waals surface area contributed by atoms with Crippen LogP contribution in [0.25, 0.3) is 0 Å². The van der Waals surface area contributed by atoms with Gasteiger partial charge < -0.3 is 10.4 Å². The average Bonchev–Trinajstić information content (AvgIpc) is 2.43. The summed E-state index contributed by atoms with van der Waals surface area (Å²) in [5.41, 5.74) is 0.689. The van der Waals surface area contributed by atoms with Gasteiger partial charge in [-0.2, -0.15) is 0 Å². The molecule has 6 heteroatoms. The number of nitrogens with one attached hydrogen (secondary N) is 1. The number of urea groups is 1. The zero-order valence-corrected chi connectivity index (χ0v) is 12.7. The minimum Gasteiger partial charge on any atom is -0.481 e. The molecular formula is C15H23N3O3. The molecule has 2 amide bonds. The second-order valence-electron chi connectivity index (χ2n) is 5.55. The number of aliphatic carboxylic acids is 1. The molecule has 0 bridgehead atoms. The summed E-state index contributed by atoms with van der Waals surface area (Å²) in [6, 6.07) is 3.28. The van der Waals surface area contributed by atoms with Crippen molar-refractivity contribution < 1.29 is 14.7 Å². The van der Waals surface area contributed by atoms with Gasteiger partial charge in [-0.3, -0.25) is 14.7 Å². The van der Waals surface area contributed by atoms with E-state index < -0.39 is 5.97 Å². The molecule has 0 aliphatic heterocycles. The summed E-state index contributed by atoms with van der Waals surface area (Å²) >= 11 is 0. The van der Waals surface area contributed by atoms with Gasteiger partial charge in [0.05, 0.1) is 11.9 Å². The molecule has 1 rings (SSSR count). The van der Waals surface area contributed by atoms with Crippen molar-refractivity contribution in [2.24, 2.45) is 11.8 Å². The van der Waals surface area contributed by atoms with Crippen LogP contribution in [0.1, 0.15) is 26.7 Å². The lowest BCUT2D eigenvalue weighted by molar-refractivity contribution is -0.138. The Balaban J connectivity index is 2.54. The molecule has 0 radical (unpaired) electrons. The van der Waals surface area contributed by atoms with Gasteiger partial charge in [-0.1, -0.05) is 13.8 Å². The minimum atomic E-state index is -0.837. The summed E-state index contributed by atoms with van der Waals surface area (Å²) in [4.78, 5) is 28.3. The molecule has 1 aromatic heterocycles. The Labute approximate surface area is 125 Å². The third-order valence-corrected chi connectivity index (χ3v) is 3.15. The van der Waals surface area contributed by atoms with Crippen LogP contribution in [-0.2, 0) is 4.79 Å². The van der Waals surface area contributed by atoms with Crippen molar-refractivity contribution in [1.29, 1.82) is 0 Å². The van der Waals surface area contributed by atoms with Crippen molar-refractivity contribution in [3.05, 3.63) is 24.5 Å². The fourth-order valence-corrected chi connectivity index (χ4v) is 2.17. The number of aromatic nitrogens is 1. The van der Waals surface area contributed by atoms with Crippen LogP contribution in [0.15, 0.2) is 24.5 Å². The molecule has 1 atom stereocenters. The number of hydrogen-bond donors (Lipinski definition) is 2. The minimum absolute atomic E-state index is 0.0613. The van der Waals surface area contributed by atoms with Crippen molar-refractivity contribution in [2.45, 2.75) is 26.7 Å². The van der Waals surface area contributed by atoms with Crippen molar-refractivity contribution in [1.82, 2.24) is 10.3 Å². The standard InChI is InChI=1S/C15H23N3O3/c1-11(2)7-12(8-14(19)20)9-17-15(21)18(3)13-5-4-6-16-10-13/h4-6,10-12H,7-9H2,1-3H3,(H,17,21)(H,19,20)/t12-/m0/s1. The Hall–Kier alpha value is -2.11. The smallest absolute Gasteiger partial charge is 0.321 e. The molecule has 0 aliphatic rings. The highest BCUT2D eigenvalue weighted by molar-refractivity contribution is 5.91. The molecule has 116 valence electrons.